The van der Waals surface area contributed by atoms with Crippen molar-refractivity contribution >= 4 is 11.7 Å². The molecule has 19 heavy (non-hydrogen) atoms. The number of carbonyl (C=O) groups excluding carboxylic acids is 1. The average molecular weight is 264 g/mol. The average Bonchev–Trinajstić information content (AvgIpc) is 2.43. The molecule has 0 bridgehead atoms. The second-order valence-electron chi connectivity index (χ2n) is 4.98. The van der Waals surface area contributed by atoms with Crippen LogP contribution in [0.5, 0.6) is 0 Å². The number of hydrogen-bond acceptors (Lipinski definition) is 4. The summed E-state index contributed by atoms with van der Waals surface area (Å²) >= 11 is 0. The van der Waals surface area contributed by atoms with Gasteiger partial charge in [-0.1, -0.05) is 6.92 Å². The number of rotatable bonds is 6. The zero-order valence-electron chi connectivity index (χ0n) is 12.3. The summed E-state index contributed by atoms with van der Waals surface area (Å²) in [6.07, 6.45) is 1.63. The van der Waals surface area contributed by atoms with Gasteiger partial charge in [-0.3, -0.25) is 4.79 Å². The highest BCUT2D eigenvalue weighted by Gasteiger charge is 2.12. The Hall–Kier alpha value is -1.62. The molecule has 0 aliphatic carbocycles. The van der Waals surface area contributed by atoms with Gasteiger partial charge in [-0.05, 0) is 31.5 Å². The highest BCUT2D eigenvalue weighted by molar-refractivity contribution is 5.93. The van der Waals surface area contributed by atoms with E-state index in [2.05, 4.69) is 23.7 Å². The molecule has 5 heteroatoms. The van der Waals surface area contributed by atoms with Crippen LogP contribution in [-0.2, 0) is 0 Å². The molecule has 0 aliphatic rings. The summed E-state index contributed by atoms with van der Waals surface area (Å²) in [5.41, 5.74) is 6.26. The van der Waals surface area contributed by atoms with Crippen LogP contribution in [0, 0.1) is 5.92 Å². The molecule has 0 spiro atoms. The smallest absolute Gasteiger partial charge is 0.254 e. The van der Waals surface area contributed by atoms with Gasteiger partial charge in [-0.15, -0.1) is 0 Å². The minimum atomic E-state index is -0.0302. The molecule has 1 aromatic heterocycles. The SMILES string of the molecule is CCN(CC(C)CN)c1ccc(C(=O)N(C)C)cn1. The number of hydrogen-bond donors (Lipinski definition) is 1. The van der Waals surface area contributed by atoms with Gasteiger partial charge in [0.1, 0.15) is 5.82 Å². The Kier molecular flexibility index (Phi) is 5.76. The Labute approximate surface area is 115 Å². The lowest BCUT2D eigenvalue weighted by Crippen LogP contribution is -2.32. The van der Waals surface area contributed by atoms with Crippen LogP contribution in [0.2, 0.25) is 0 Å². The summed E-state index contributed by atoms with van der Waals surface area (Å²) in [5, 5.41) is 0. The van der Waals surface area contributed by atoms with Crippen molar-refractivity contribution < 1.29 is 4.79 Å². The molecule has 1 rings (SSSR count). The molecule has 0 aliphatic heterocycles. The molecule has 0 radical (unpaired) electrons. The van der Waals surface area contributed by atoms with E-state index in [1.54, 1.807) is 25.2 Å². The summed E-state index contributed by atoms with van der Waals surface area (Å²) in [7, 11) is 3.47. The third-order valence-corrected chi connectivity index (χ3v) is 3.04. The number of nitrogens with zero attached hydrogens (tertiary/aromatic N) is 3. The topological polar surface area (TPSA) is 62.5 Å². The van der Waals surface area contributed by atoms with Crippen LogP contribution >= 0.6 is 0 Å². The first-order valence-electron chi connectivity index (χ1n) is 6.62. The summed E-state index contributed by atoms with van der Waals surface area (Å²) in [6.45, 7) is 6.61. The molecule has 2 N–H and O–H groups in total. The lowest BCUT2D eigenvalue weighted by atomic mass is 10.1. The summed E-state index contributed by atoms with van der Waals surface area (Å²) in [5.74, 6) is 1.28. The quantitative estimate of drug-likeness (QED) is 0.838. The zero-order chi connectivity index (χ0) is 14.4. The van der Waals surface area contributed by atoms with Crippen LogP contribution in [0.25, 0.3) is 0 Å². The summed E-state index contributed by atoms with van der Waals surface area (Å²) < 4.78 is 0. The molecule has 1 aromatic rings. The van der Waals surface area contributed by atoms with Gasteiger partial charge < -0.3 is 15.5 Å². The minimum absolute atomic E-state index is 0.0302. The minimum Gasteiger partial charge on any atom is -0.357 e. The Morgan fingerprint density at radius 2 is 2.11 bits per heavy atom. The molecule has 0 aromatic carbocycles. The number of pyridine rings is 1. The predicted molar refractivity (Wildman–Crippen MR) is 78.4 cm³/mol. The van der Waals surface area contributed by atoms with Crippen molar-refractivity contribution in [2.45, 2.75) is 13.8 Å². The molecule has 1 heterocycles. The largest absolute Gasteiger partial charge is 0.357 e. The second kappa shape index (κ2) is 7.09. The van der Waals surface area contributed by atoms with Crippen LogP contribution in [0.3, 0.4) is 0 Å². The van der Waals surface area contributed by atoms with Gasteiger partial charge in [0.2, 0.25) is 0 Å². The maximum Gasteiger partial charge on any atom is 0.254 e. The van der Waals surface area contributed by atoms with Gasteiger partial charge >= 0.3 is 0 Å². The Balaban J connectivity index is 2.81. The molecule has 106 valence electrons. The van der Waals surface area contributed by atoms with Crippen LogP contribution in [0.15, 0.2) is 18.3 Å². The molecular formula is C14H24N4O. The van der Waals surface area contributed by atoms with Crippen molar-refractivity contribution in [3.8, 4) is 0 Å². The maximum atomic E-state index is 11.8. The van der Waals surface area contributed by atoms with Gasteiger partial charge in [0.05, 0.1) is 5.56 Å². The predicted octanol–water partition coefficient (Wildman–Crippen LogP) is 1.20. The Morgan fingerprint density at radius 3 is 2.53 bits per heavy atom. The van der Waals surface area contributed by atoms with Crippen LogP contribution in [0.4, 0.5) is 5.82 Å². The van der Waals surface area contributed by atoms with E-state index in [-0.39, 0.29) is 5.91 Å². The second-order valence-corrected chi connectivity index (χ2v) is 4.98. The van der Waals surface area contributed by atoms with Gasteiger partial charge in [0.25, 0.3) is 5.91 Å². The third-order valence-electron chi connectivity index (χ3n) is 3.04. The fourth-order valence-electron chi connectivity index (χ4n) is 1.79. The van der Waals surface area contributed by atoms with E-state index in [1.165, 1.54) is 0 Å². The first-order valence-corrected chi connectivity index (χ1v) is 6.62. The Bertz CT molecular complexity index is 402. The third kappa shape index (κ3) is 4.21. The standard InChI is InChI=1S/C14H24N4O/c1-5-18(10-11(2)8-15)13-7-6-12(9-16-13)14(19)17(3)4/h6-7,9,11H,5,8,10,15H2,1-4H3. The highest BCUT2D eigenvalue weighted by atomic mass is 16.2. The normalized spacial score (nSPS) is 12.1. The first-order chi connectivity index (χ1) is 8.99. The molecule has 1 atom stereocenters. The number of aromatic nitrogens is 1. The number of carbonyl (C=O) groups is 1. The molecular weight excluding hydrogens is 240 g/mol. The summed E-state index contributed by atoms with van der Waals surface area (Å²) in [4.78, 5) is 19.9. The molecule has 0 saturated carbocycles. The Morgan fingerprint density at radius 1 is 1.42 bits per heavy atom. The fourth-order valence-corrected chi connectivity index (χ4v) is 1.79. The van der Waals surface area contributed by atoms with E-state index in [0.717, 1.165) is 18.9 Å². The molecule has 1 amide bonds. The molecule has 1 unspecified atom stereocenters. The first kappa shape index (κ1) is 15.4. The van der Waals surface area contributed by atoms with E-state index in [9.17, 15) is 4.79 Å². The van der Waals surface area contributed by atoms with E-state index in [4.69, 9.17) is 5.73 Å². The van der Waals surface area contributed by atoms with E-state index < -0.39 is 0 Å². The maximum absolute atomic E-state index is 11.8. The van der Waals surface area contributed by atoms with Gasteiger partial charge in [-0.2, -0.15) is 0 Å². The lowest BCUT2D eigenvalue weighted by Gasteiger charge is -2.25. The van der Waals surface area contributed by atoms with Crippen molar-refractivity contribution in [3.05, 3.63) is 23.9 Å². The van der Waals surface area contributed by atoms with Crippen molar-refractivity contribution in [2.75, 3.05) is 38.6 Å². The fraction of sp³-hybridized carbons (Fsp3) is 0.571. The van der Waals surface area contributed by atoms with Crippen LogP contribution in [0.1, 0.15) is 24.2 Å². The van der Waals surface area contributed by atoms with E-state index >= 15 is 0 Å². The number of nitrogens with two attached hydrogens (primary N) is 1. The van der Waals surface area contributed by atoms with E-state index in [1.807, 2.05) is 12.1 Å². The number of anilines is 1. The molecule has 0 saturated heterocycles. The van der Waals surface area contributed by atoms with Crippen molar-refractivity contribution in [1.82, 2.24) is 9.88 Å². The summed E-state index contributed by atoms with van der Waals surface area (Å²) in [6, 6.07) is 3.71. The van der Waals surface area contributed by atoms with E-state index in [0.29, 0.717) is 18.0 Å². The van der Waals surface area contributed by atoms with Gasteiger partial charge in [0.15, 0.2) is 0 Å². The van der Waals surface area contributed by atoms with Gasteiger partial charge in [-0.25, -0.2) is 4.98 Å². The molecule has 0 fully saturated rings. The van der Waals surface area contributed by atoms with Crippen molar-refractivity contribution in [1.29, 1.82) is 0 Å². The lowest BCUT2D eigenvalue weighted by molar-refractivity contribution is 0.0827. The monoisotopic (exact) mass is 264 g/mol. The van der Waals surface area contributed by atoms with Crippen molar-refractivity contribution in [3.63, 3.8) is 0 Å². The zero-order valence-corrected chi connectivity index (χ0v) is 12.3. The van der Waals surface area contributed by atoms with Crippen LogP contribution in [-0.4, -0.2) is 49.5 Å². The van der Waals surface area contributed by atoms with Crippen molar-refractivity contribution in [2.24, 2.45) is 11.7 Å². The van der Waals surface area contributed by atoms with Gasteiger partial charge in [0, 0.05) is 33.4 Å². The number of amides is 1. The van der Waals surface area contributed by atoms with Crippen LogP contribution < -0.4 is 10.6 Å². The highest BCUT2D eigenvalue weighted by Crippen LogP contribution is 2.13. The molecule has 5 nitrogen and oxygen atoms in total.